The Hall–Kier alpha value is -2.12. The van der Waals surface area contributed by atoms with E-state index in [1.807, 2.05) is 6.07 Å². The van der Waals surface area contributed by atoms with E-state index in [9.17, 15) is 4.79 Å². The van der Waals surface area contributed by atoms with Crippen molar-refractivity contribution in [3.63, 3.8) is 0 Å². The number of benzene rings is 2. The summed E-state index contributed by atoms with van der Waals surface area (Å²) >= 11 is 3.27. The molecule has 2 rings (SSSR count). The number of ether oxygens (including phenoxy) is 1. The Bertz CT molecular complexity index is 632. The second-order valence-electron chi connectivity index (χ2n) is 3.54. The molecule has 0 fully saturated rings. The van der Waals surface area contributed by atoms with Crippen LogP contribution in [0, 0.1) is 11.3 Å². The van der Waals surface area contributed by atoms with Crippen molar-refractivity contribution in [2.24, 2.45) is 0 Å². The molecule has 0 saturated heterocycles. The molecule has 0 aliphatic carbocycles. The van der Waals surface area contributed by atoms with Gasteiger partial charge in [0.1, 0.15) is 11.5 Å². The number of aldehydes is 1. The SMILES string of the molecule is N#Cc1cccc(Oc2ccc(Br)c(C=O)c2)c1. The highest BCUT2D eigenvalue weighted by atomic mass is 79.9. The molecule has 18 heavy (non-hydrogen) atoms. The fourth-order valence-corrected chi connectivity index (χ4v) is 1.78. The van der Waals surface area contributed by atoms with E-state index in [2.05, 4.69) is 15.9 Å². The molecule has 0 heterocycles. The molecule has 0 unspecified atom stereocenters. The topological polar surface area (TPSA) is 50.1 Å². The lowest BCUT2D eigenvalue weighted by Gasteiger charge is -2.07. The van der Waals surface area contributed by atoms with Crippen LogP contribution < -0.4 is 4.74 Å². The van der Waals surface area contributed by atoms with Crippen molar-refractivity contribution >= 4 is 22.2 Å². The minimum atomic E-state index is 0.518. The van der Waals surface area contributed by atoms with Gasteiger partial charge in [-0.3, -0.25) is 4.79 Å². The van der Waals surface area contributed by atoms with E-state index in [1.165, 1.54) is 0 Å². The van der Waals surface area contributed by atoms with Gasteiger partial charge in [-0.2, -0.15) is 5.26 Å². The predicted octanol–water partition coefficient (Wildman–Crippen LogP) is 3.93. The van der Waals surface area contributed by atoms with E-state index >= 15 is 0 Å². The number of rotatable bonds is 3. The minimum absolute atomic E-state index is 0.518. The molecule has 0 bridgehead atoms. The van der Waals surface area contributed by atoms with Crippen LogP contribution in [-0.2, 0) is 0 Å². The molecule has 0 radical (unpaired) electrons. The lowest BCUT2D eigenvalue weighted by molar-refractivity contribution is 0.112. The highest BCUT2D eigenvalue weighted by Gasteiger charge is 2.03. The highest BCUT2D eigenvalue weighted by molar-refractivity contribution is 9.10. The van der Waals surface area contributed by atoms with Gasteiger partial charge in [0.2, 0.25) is 0 Å². The third-order valence-electron chi connectivity index (χ3n) is 2.29. The van der Waals surface area contributed by atoms with Crippen LogP contribution in [0.4, 0.5) is 0 Å². The van der Waals surface area contributed by atoms with Gasteiger partial charge in [0.25, 0.3) is 0 Å². The zero-order valence-electron chi connectivity index (χ0n) is 9.26. The quantitative estimate of drug-likeness (QED) is 0.807. The number of carbonyl (C=O) groups excluding carboxylic acids is 1. The van der Waals surface area contributed by atoms with Crippen LogP contribution in [0.2, 0.25) is 0 Å². The fraction of sp³-hybridized carbons (Fsp3) is 0. The van der Waals surface area contributed by atoms with Crippen molar-refractivity contribution in [3.8, 4) is 17.6 Å². The lowest BCUT2D eigenvalue weighted by Crippen LogP contribution is -1.88. The lowest BCUT2D eigenvalue weighted by atomic mass is 10.2. The summed E-state index contributed by atoms with van der Waals surface area (Å²) in [5.41, 5.74) is 1.05. The van der Waals surface area contributed by atoms with Gasteiger partial charge in [-0.1, -0.05) is 22.0 Å². The van der Waals surface area contributed by atoms with Crippen molar-refractivity contribution in [1.82, 2.24) is 0 Å². The maximum Gasteiger partial charge on any atom is 0.151 e. The molecule has 0 aliphatic heterocycles. The molecule has 0 aliphatic rings. The van der Waals surface area contributed by atoms with Gasteiger partial charge in [-0.05, 0) is 36.4 Å². The molecule has 88 valence electrons. The molecular weight excluding hydrogens is 294 g/mol. The summed E-state index contributed by atoms with van der Waals surface area (Å²) in [6, 6.07) is 14.0. The van der Waals surface area contributed by atoms with Crippen molar-refractivity contribution in [2.75, 3.05) is 0 Å². The van der Waals surface area contributed by atoms with E-state index in [4.69, 9.17) is 10.00 Å². The maximum atomic E-state index is 10.8. The van der Waals surface area contributed by atoms with Crippen LogP contribution in [0.1, 0.15) is 15.9 Å². The molecule has 2 aromatic carbocycles. The van der Waals surface area contributed by atoms with Gasteiger partial charge < -0.3 is 4.74 Å². The Balaban J connectivity index is 2.28. The zero-order valence-corrected chi connectivity index (χ0v) is 10.8. The highest BCUT2D eigenvalue weighted by Crippen LogP contribution is 2.26. The van der Waals surface area contributed by atoms with E-state index in [-0.39, 0.29) is 0 Å². The number of hydrogen-bond acceptors (Lipinski definition) is 3. The van der Waals surface area contributed by atoms with Crippen LogP contribution in [0.3, 0.4) is 0 Å². The summed E-state index contributed by atoms with van der Waals surface area (Å²) in [6.45, 7) is 0. The summed E-state index contributed by atoms with van der Waals surface area (Å²) in [5, 5.41) is 8.79. The Morgan fingerprint density at radius 2 is 1.94 bits per heavy atom. The molecule has 2 aromatic rings. The maximum absolute atomic E-state index is 10.8. The number of nitrogens with zero attached hydrogens (tertiary/aromatic N) is 1. The van der Waals surface area contributed by atoms with Crippen molar-refractivity contribution < 1.29 is 9.53 Å². The molecule has 0 spiro atoms. The summed E-state index contributed by atoms with van der Waals surface area (Å²) in [5.74, 6) is 1.11. The fourth-order valence-electron chi connectivity index (χ4n) is 1.44. The molecule has 3 nitrogen and oxygen atoms in total. The van der Waals surface area contributed by atoms with Crippen molar-refractivity contribution in [2.45, 2.75) is 0 Å². The predicted molar refractivity (Wildman–Crippen MR) is 70.8 cm³/mol. The van der Waals surface area contributed by atoms with E-state index in [0.29, 0.717) is 22.6 Å². The standard InChI is InChI=1S/C14H8BrNO2/c15-14-5-4-13(7-11(14)9-17)18-12-3-1-2-10(6-12)8-16/h1-7,9H. The Kier molecular flexibility index (Phi) is 3.75. The third-order valence-corrected chi connectivity index (χ3v) is 3.02. The average molecular weight is 302 g/mol. The number of carbonyl (C=O) groups is 1. The van der Waals surface area contributed by atoms with Gasteiger partial charge in [-0.15, -0.1) is 0 Å². The van der Waals surface area contributed by atoms with E-state index in [0.717, 1.165) is 10.8 Å². The van der Waals surface area contributed by atoms with Gasteiger partial charge in [0.05, 0.1) is 11.6 Å². The summed E-state index contributed by atoms with van der Waals surface area (Å²) in [7, 11) is 0. The first-order chi connectivity index (χ1) is 8.72. The Morgan fingerprint density at radius 1 is 1.17 bits per heavy atom. The van der Waals surface area contributed by atoms with Crippen LogP contribution in [-0.4, -0.2) is 6.29 Å². The second kappa shape index (κ2) is 5.48. The first-order valence-electron chi connectivity index (χ1n) is 5.15. The van der Waals surface area contributed by atoms with Crippen LogP contribution in [0.5, 0.6) is 11.5 Å². The monoisotopic (exact) mass is 301 g/mol. The van der Waals surface area contributed by atoms with Crippen LogP contribution in [0.15, 0.2) is 46.9 Å². The van der Waals surface area contributed by atoms with E-state index in [1.54, 1.807) is 42.5 Å². The summed E-state index contributed by atoms with van der Waals surface area (Å²) in [6.07, 6.45) is 0.753. The second-order valence-corrected chi connectivity index (χ2v) is 4.40. The van der Waals surface area contributed by atoms with Gasteiger partial charge in [-0.25, -0.2) is 0 Å². The molecule has 0 amide bonds. The van der Waals surface area contributed by atoms with E-state index < -0.39 is 0 Å². The third kappa shape index (κ3) is 2.76. The molecule has 0 aromatic heterocycles. The largest absolute Gasteiger partial charge is 0.457 e. The smallest absolute Gasteiger partial charge is 0.151 e. The Morgan fingerprint density at radius 3 is 2.67 bits per heavy atom. The average Bonchev–Trinajstić information content (AvgIpc) is 2.41. The van der Waals surface area contributed by atoms with Crippen molar-refractivity contribution in [1.29, 1.82) is 5.26 Å². The Labute approximate surface area is 113 Å². The molecular formula is C14H8BrNO2. The molecule has 0 N–H and O–H groups in total. The van der Waals surface area contributed by atoms with Crippen molar-refractivity contribution in [3.05, 3.63) is 58.1 Å². The van der Waals surface area contributed by atoms with Crippen LogP contribution in [0.25, 0.3) is 0 Å². The molecule has 4 heteroatoms. The number of halogens is 1. The molecule has 0 atom stereocenters. The van der Waals surface area contributed by atoms with Gasteiger partial charge in [0.15, 0.2) is 6.29 Å². The zero-order chi connectivity index (χ0) is 13.0. The van der Waals surface area contributed by atoms with Crippen LogP contribution >= 0.6 is 15.9 Å². The van der Waals surface area contributed by atoms with Gasteiger partial charge >= 0.3 is 0 Å². The number of nitriles is 1. The normalized spacial score (nSPS) is 9.56. The first-order valence-corrected chi connectivity index (χ1v) is 5.95. The summed E-state index contributed by atoms with van der Waals surface area (Å²) < 4.78 is 6.31. The number of hydrogen-bond donors (Lipinski definition) is 0. The first kappa shape index (κ1) is 12.3. The summed E-state index contributed by atoms with van der Waals surface area (Å²) in [4.78, 5) is 10.8. The molecule has 0 saturated carbocycles. The van der Waals surface area contributed by atoms with Gasteiger partial charge in [0, 0.05) is 10.0 Å². The minimum Gasteiger partial charge on any atom is -0.457 e.